The van der Waals surface area contributed by atoms with Crippen molar-refractivity contribution < 1.29 is 9.53 Å². The number of hydrogen-bond acceptors (Lipinski definition) is 3. The van der Waals surface area contributed by atoms with E-state index in [0.29, 0.717) is 29.4 Å². The van der Waals surface area contributed by atoms with Crippen molar-refractivity contribution >= 4 is 28.5 Å². The Bertz CT molecular complexity index is 1140. The van der Waals surface area contributed by atoms with Crippen molar-refractivity contribution in [3.63, 3.8) is 0 Å². The molecule has 0 radical (unpaired) electrons. The van der Waals surface area contributed by atoms with E-state index in [4.69, 9.17) is 21.3 Å². The van der Waals surface area contributed by atoms with Gasteiger partial charge in [0.15, 0.2) is 0 Å². The molecule has 29 heavy (non-hydrogen) atoms. The Morgan fingerprint density at radius 1 is 1.03 bits per heavy atom. The molecular formula is C23H20ClN3O2. The van der Waals surface area contributed by atoms with Gasteiger partial charge in [0, 0.05) is 17.1 Å². The summed E-state index contributed by atoms with van der Waals surface area (Å²) in [6.07, 6.45) is 0. The summed E-state index contributed by atoms with van der Waals surface area (Å²) in [5.41, 5.74) is 3.61. The van der Waals surface area contributed by atoms with Crippen molar-refractivity contribution in [3.8, 4) is 5.75 Å². The largest absolute Gasteiger partial charge is 0.497 e. The fourth-order valence-corrected chi connectivity index (χ4v) is 3.34. The molecule has 1 aromatic heterocycles. The van der Waals surface area contributed by atoms with Crippen molar-refractivity contribution in [3.05, 3.63) is 94.8 Å². The van der Waals surface area contributed by atoms with Gasteiger partial charge >= 0.3 is 0 Å². The summed E-state index contributed by atoms with van der Waals surface area (Å²) in [4.78, 5) is 17.3. The maximum absolute atomic E-state index is 12.5. The van der Waals surface area contributed by atoms with Crippen LogP contribution in [-0.2, 0) is 13.1 Å². The Balaban J connectivity index is 1.57. The molecule has 1 amide bonds. The molecule has 0 bridgehead atoms. The molecule has 4 aromatic rings. The van der Waals surface area contributed by atoms with E-state index in [-0.39, 0.29) is 5.91 Å². The maximum Gasteiger partial charge on any atom is 0.251 e. The first kappa shape index (κ1) is 19.0. The highest BCUT2D eigenvalue weighted by Gasteiger charge is 2.13. The fraction of sp³-hybridized carbons (Fsp3) is 0.130. The Kier molecular flexibility index (Phi) is 5.49. The Morgan fingerprint density at radius 3 is 2.48 bits per heavy atom. The summed E-state index contributed by atoms with van der Waals surface area (Å²) < 4.78 is 7.26. The van der Waals surface area contributed by atoms with Crippen molar-refractivity contribution in [1.82, 2.24) is 14.9 Å². The minimum Gasteiger partial charge on any atom is -0.497 e. The van der Waals surface area contributed by atoms with Gasteiger partial charge in [-0.2, -0.15) is 0 Å². The number of amides is 1. The number of carbonyl (C=O) groups excluding carboxylic acids is 1. The lowest BCUT2D eigenvalue weighted by Crippen LogP contribution is -2.24. The Labute approximate surface area is 173 Å². The maximum atomic E-state index is 12.5. The summed E-state index contributed by atoms with van der Waals surface area (Å²) in [6, 6.07) is 22.7. The minimum atomic E-state index is -0.155. The second kappa shape index (κ2) is 8.37. The third-order valence-corrected chi connectivity index (χ3v) is 5.00. The molecule has 5 nitrogen and oxygen atoms in total. The lowest BCUT2D eigenvalue weighted by Gasteiger charge is -2.11. The molecule has 0 aliphatic heterocycles. The van der Waals surface area contributed by atoms with Crippen LogP contribution in [0, 0.1) is 0 Å². The highest BCUT2D eigenvalue weighted by Crippen LogP contribution is 2.19. The normalized spacial score (nSPS) is 10.8. The standard InChI is InChI=1S/C23H20ClN3O2/c1-29-19-12-8-17(9-13-19)23(28)25-14-22-26-20-4-2-3-5-21(20)27(22)15-16-6-10-18(24)11-7-16/h2-13H,14-15H2,1H3,(H,25,28). The number of rotatable bonds is 6. The summed E-state index contributed by atoms with van der Waals surface area (Å²) in [6.45, 7) is 0.971. The molecule has 0 aliphatic carbocycles. The third-order valence-electron chi connectivity index (χ3n) is 4.75. The van der Waals surface area contributed by atoms with Crippen LogP contribution in [0.3, 0.4) is 0 Å². The van der Waals surface area contributed by atoms with Gasteiger partial charge in [0.2, 0.25) is 0 Å². The van der Waals surface area contributed by atoms with Crippen molar-refractivity contribution in [2.45, 2.75) is 13.1 Å². The molecule has 0 saturated carbocycles. The van der Waals surface area contributed by atoms with E-state index in [1.54, 1.807) is 31.4 Å². The van der Waals surface area contributed by atoms with Gasteiger partial charge in [-0.25, -0.2) is 4.98 Å². The molecule has 0 saturated heterocycles. The Morgan fingerprint density at radius 2 is 1.76 bits per heavy atom. The van der Waals surface area contributed by atoms with Gasteiger partial charge in [-0.1, -0.05) is 35.9 Å². The molecule has 146 valence electrons. The molecule has 1 heterocycles. The zero-order chi connectivity index (χ0) is 20.2. The lowest BCUT2D eigenvalue weighted by molar-refractivity contribution is 0.0949. The number of methoxy groups -OCH3 is 1. The fourth-order valence-electron chi connectivity index (χ4n) is 3.21. The number of aromatic nitrogens is 2. The predicted molar refractivity (Wildman–Crippen MR) is 114 cm³/mol. The number of imidazole rings is 1. The molecule has 6 heteroatoms. The van der Waals surface area contributed by atoms with E-state index >= 15 is 0 Å². The molecule has 0 spiro atoms. The Hall–Kier alpha value is -3.31. The molecule has 0 fully saturated rings. The molecule has 1 N–H and O–H groups in total. The average molecular weight is 406 g/mol. The van der Waals surface area contributed by atoms with Crippen LogP contribution in [0.4, 0.5) is 0 Å². The number of carbonyl (C=O) groups is 1. The van der Waals surface area contributed by atoms with Crippen molar-refractivity contribution in [2.24, 2.45) is 0 Å². The van der Waals surface area contributed by atoms with E-state index in [9.17, 15) is 4.79 Å². The first-order valence-corrected chi connectivity index (χ1v) is 9.62. The number of halogens is 1. The van der Waals surface area contributed by atoms with Crippen LogP contribution in [0.15, 0.2) is 72.8 Å². The molecular weight excluding hydrogens is 386 g/mol. The van der Waals surface area contributed by atoms with Gasteiger partial charge in [0.05, 0.1) is 24.7 Å². The van der Waals surface area contributed by atoms with Crippen LogP contribution in [0.2, 0.25) is 5.02 Å². The second-order valence-electron chi connectivity index (χ2n) is 6.64. The van der Waals surface area contributed by atoms with Gasteiger partial charge < -0.3 is 14.6 Å². The number of nitrogens with one attached hydrogen (secondary N) is 1. The van der Waals surface area contributed by atoms with Gasteiger partial charge in [0.1, 0.15) is 11.6 Å². The number of fused-ring (bicyclic) bond motifs is 1. The van der Waals surface area contributed by atoms with Crippen molar-refractivity contribution in [2.75, 3.05) is 7.11 Å². The van der Waals surface area contributed by atoms with Gasteiger partial charge in [-0.15, -0.1) is 0 Å². The topological polar surface area (TPSA) is 56.1 Å². The van der Waals surface area contributed by atoms with E-state index in [0.717, 1.165) is 22.4 Å². The first-order chi connectivity index (χ1) is 14.1. The summed E-state index contributed by atoms with van der Waals surface area (Å²) >= 11 is 6.01. The number of hydrogen-bond donors (Lipinski definition) is 1. The lowest BCUT2D eigenvalue weighted by atomic mass is 10.2. The number of para-hydroxylation sites is 2. The molecule has 4 rings (SSSR count). The van der Waals surface area contributed by atoms with Crippen LogP contribution in [-0.4, -0.2) is 22.6 Å². The zero-order valence-electron chi connectivity index (χ0n) is 15.9. The number of benzene rings is 3. The van der Waals surface area contributed by atoms with Crippen LogP contribution in [0.5, 0.6) is 5.75 Å². The predicted octanol–water partition coefficient (Wildman–Crippen LogP) is 4.68. The SMILES string of the molecule is COc1ccc(C(=O)NCc2nc3ccccc3n2Cc2ccc(Cl)cc2)cc1. The number of nitrogens with zero attached hydrogens (tertiary/aromatic N) is 2. The summed E-state index contributed by atoms with van der Waals surface area (Å²) in [5, 5.41) is 3.67. The summed E-state index contributed by atoms with van der Waals surface area (Å²) in [7, 11) is 1.60. The van der Waals surface area contributed by atoms with Crippen LogP contribution < -0.4 is 10.1 Å². The van der Waals surface area contributed by atoms with E-state index in [1.807, 2.05) is 48.5 Å². The minimum absolute atomic E-state index is 0.155. The molecule has 3 aromatic carbocycles. The van der Waals surface area contributed by atoms with Gasteiger partial charge in [-0.05, 0) is 54.1 Å². The van der Waals surface area contributed by atoms with Crippen LogP contribution in [0.1, 0.15) is 21.7 Å². The molecule has 0 atom stereocenters. The highest BCUT2D eigenvalue weighted by atomic mass is 35.5. The van der Waals surface area contributed by atoms with E-state index in [2.05, 4.69) is 9.88 Å². The monoisotopic (exact) mass is 405 g/mol. The van der Waals surface area contributed by atoms with Crippen molar-refractivity contribution in [1.29, 1.82) is 0 Å². The molecule has 0 unspecified atom stereocenters. The average Bonchev–Trinajstić information content (AvgIpc) is 3.11. The van der Waals surface area contributed by atoms with Crippen LogP contribution >= 0.6 is 11.6 Å². The highest BCUT2D eigenvalue weighted by molar-refractivity contribution is 6.30. The zero-order valence-corrected chi connectivity index (χ0v) is 16.7. The third kappa shape index (κ3) is 4.25. The quantitative estimate of drug-likeness (QED) is 0.507. The van der Waals surface area contributed by atoms with E-state index in [1.165, 1.54) is 0 Å². The van der Waals surface area contributed by atoms with Gasteiger partial charge in [0.25, 0.3) is 5.91 Å². The first-order valence-electron chi connectivity index (χ1n) is 9.25. The summed E-state index contributed by atoms with van der Waals surface area (Å²) in [5.74, 6) is 1.35. The van der Waals surface area contributed by atoms with Crippen LogP contribution in [0.25, 0.3) is 11.0 Å². The van der Waals surface area contributed by atoms with E-state index < -0.39 is 0 Å². The smallest absolute Gasteiger partial charge is 0.251 e. The molecule has 0 aliphatic rings. The number of ether oxygens (including phenoxy) is 1. The second-order valence-corrected chi connectivity index (χ2v) is 7.08. The van der Waals surface area contributed by atoms with Gasteiger partial charge in [-0.3, -0.25) is 4.79 Å².